The summed E-state index contributed by atoms with van der Waals surface area (Å²) in [6.07, 6.45) is 4.42. The molecule has 7 nitrogen and oxygen atoms in total. The third kappa shape index (κ3) is 6.73. The van der Waals surface area contributed by atoms with Crippen LogP contribution in [0.1, 0.15) is 49.9 Å². The van der Waals surface area contributed by atoms with E-state index in [0.717, 1.165) is 22.8 Å². The standard InChI is InChI=1S/C22H29N5O2S2/c1-14(2)13-17-19(27-22(31-17)21-25-11-12-30-21)20(29)24-10-6-5-9-18(28)26-16-8-4-3-7-15(16)23/h3-4,7-8,11-12,14,22,27H,5-6,9-10,13,23H2,1-2H3,(H,24,29)(H,26,28). The molecule has 0 aliphatic carbocycles. The molecule has 31 heavy (non-hydrogen) atoms. The van der Waals surface area contributed by atoms with Crippen molar-refractivity contribution >= 4 is 46.3 Å². The summed E-state index contributed by atoms with van der Waals surface area (Å²) in [6.45, 7) is 4.81. The van der Waals surface area contributed by atoms with E-state index in [1.165, 1.54) is 0 Å². The molecule has 1 aromatic carbocycles. The number of nitrogens with one attached hydrogen (secondary N) is 3. The molecular weight excluding hydrogens is 430 g/mol. The van der Waals surface area contributed by atoms with Crippen molar-refractivity contribution in [1.29, 1.82) is 0 Å². The fraction of sp³-hybridized carbons (Fsp3) is 0.409. The third-order valence-electron chi connectivity index (χ3n) is 4.66. The van der Waals surface area contributed by atoms with Gasteiger partial charge in [0, 0.05) is 29.4 Å². The number of amides is 2. The molecule has 2 heterocycles. The van der Waals surface area contributed by atoms with Gasteiger partial charge in [0.1, 0.15) is 16.1 Å². The Balaban J connectivity index is 1.43. The molecule has 9 heteroatoms. The van der Waals surface area contributed by atoms with Crippen molar-refractivity contribution in [3.63, 3.8) is 0 Å². The van der Waals surface area contributed by atoms with E-state index >= 15 is 0 Å². The van der Waals surface area contributed by atoms with Gasteiger partial charge in [0.05, 0.1) is 11.4 Å². The predicted octanol–water partition coefficient (Wildman–Crippen LogP) is 4.24. The average Bonchev–Trinajstić information content (AvgIpc) is 3.39. The lowest BCUT2D eigenvalue weighted by Crippen LogP contribution is -2.32. The number of para-hydroxylation sites is 2. The van der Waals surface area contributed by atoms with Crippen molar-refractivity contribution < 1.29 is 9.59 Å². The zero-order valence-corrected chi connectivity index (χ0v) is 19.4. The van der Waals surface area contributed by atoms with E-state index in [-0.39, 0.29) is 17.2 Å². The Labute approximate surface area is 191 Å². The molecule has 0 saturated carbocycles. The topological polar surface area (TPSA) is 109 Å². The number of thioether (sulfide) groups is 1. The number of thiazole rings is 1. The van der Waals surface area contributed by atoms with E-state index in [2.05, 4.69) is 34.8 Å². The Morgan fingerprint density at radius 1 is 1.26 bits per heavy atom. The second-order valence-electron chi connectivity index (χ2n) is 7.76. The first-order chi connectivity index (χ1) is 14.9. The smallest absolute Gasteiger partial charge is 0.268 e. The lowest BCUT2D eigenvalue weighted by Gasteiger charge is -2.11. The average molecular weight is 460 g/mol. The number of rotatable bonds is 10. The van der Waals surface area contributed by atoms with Gasteiger partial charge in [-0.15, -0.1) is 11.3 Å². The van der Waals surface area contributed by atoms with E-state index in [0.29, 0.717) is 42.4 Å². The van der Waals surface area contributed by atoms with Crippen LogP contribution >= 0.6 is 23.1 Å². The first-order valence-corrected chi connectivity index (χ1v) is 12.2. The number of carbonyl (C=O) groups is 2. The van der Waals surface area contributed by atoms with Crippen molar-refractivity contribution in [1.82, 2.24) is 15.6 Å². The van der Waals surface area contributed by atoms with Crippen LogP contribution in [0, 0.1) is 5.92 Å². The highest BCUT2D eigenvalue weighted by Gasteiger charge is 2.31. The first kappa shape index (κ1) is 23.1. The number of nitrogens with two attached hydrogens (primary N) is 1. The fourth-order valence-corrected chi connectivity index (χ4v) is 5.35. The molecule has 1 aliphatic heterocycles. The van der Waals surface area contributed by atoms with Crippen molar-refractivity contribution in [2.45, 2.75) is 44.9 Å². The molecule has 2 aromatic rings. The molecule has 1 atom stereocenters. The van der Waals surface area contributed by atoms with Crippen molar-refractivity contribution in [2.75, 3.05) is 17.6 Å². The Hall–Kier alpha value is -2.52. The van der Waals surface area contributed by atoms with Crippen LogP contribution in [0.3, 0.4) is 0 Å². The van der Waals surface area contributed by atoms with E-state index in [4.69, 9.17) is 5.73 Å². The molecule has 3 rings (SSSR count). The van der Waals surface area contributed by atoms with Crippen LogP contribution in [-0.2, 0) is 9.59 Å². The number of nitrogens with zero attached hydrogens (tertiary/aromatic N) is 1. The van der Waals surface area contributed by atoms with E-state index in [1.807, 2.05) is 17.5 Å². The van der Waals surface area contributed by atoms with Crippen LogP contribution in [0.2, 0.25) is 0 Å². The number of unbranched alkanes of at least 4 members (excludes halogenated alkanes) is 1. The Morgan fingerprint density at radius 3 is 2.77 bits per heavy atom. The fourth-order valence-electron chi connectivity index (χ4n) is 3.16. The van der Waals surface area contributed by atoms with Gasteiger partial charge in [-0.1, -0.05) is 37.7 Å². The summed E-state index contributed by atoms with van der Waals surface area (Å²) in [7, 11) is 0. The van der Waals surface area contributed by atoms with Crippen molar-refractivity contribution in [2.24, 2.45) is 5.92 Å². The number of hydrogen-bond acceptors (Lipinski definition) is 7. The van der Waals surface area contributed by atoms with Gasteiger partial charge < -0.3 is 21.7 Å². The molecule has 0 spiro atoms. The van der Waals surface area contributed by atoms with Crippen LogP contribution in [0.15, 0.2) is 46.4 Å². The zero-order valence-electron chi connectivity index (χ0n) is 17.8. The van der Waals surface area contributed by atoms with Gasteiger partial charge in [-0.25, -0.2) is 4.98 Å². The van der Waals surface area contributed by atoms with Gasteiger partial charge in [0.25, 0.3) is 5.91 Å². The summed E-state index contributed by atoms with van der Waals surface area (Å²) in [4.78, 5) is 30.3. The zero-order chi connectivity index (χ0) is 22.2. The maximum atomic E-state index is 12.8. The highest BCUT2D eigenvalue weighted by Crippen LogP contribution is 2.43. The number of nitrogen functional groups attached to an aromatic ring is 1. The highest BCUT2D eigenvalue weighted by atomic mass is 32.2. The van der Waals surface area contributed by atoms with Crippen LogP contribution < -0.4 is 21.7 Å². The summed E-state index contributed by atoms with van der Waals surface area (Å²) in [5, 5.41) is 12.1. The van der Waals surface area contributed by atoms with Gasteiger partial charge in [0.15, 0.2) is 0 Å². The highest BCUT2D eigenvalue weighted by molar-refractivity contribution is 8.03. The normalized spacial score (nSPS) is 15.8. The van der Waals surface area contributed by atoms with E-state index < -0.39 is 0 Å². The molecule has 1 unspecified atom stereocenters. The number of carbonyl (C=O) groups excluding carboxylic acids is 2. The van der Waals surface area contributed by atoms with Gasteiger partial charge in [0.2, 0.25) is 5.91 Å². The monoisotopic (exact) mass is 459 g/mol. The van der Waals surface area contributed by atoms with Gasteiger partial charge in [-0.3, -0.25) is 9.59 Å². The quantitative estimate of drug-likeness (QED) is 0.312. The molecule has 0 bridgehead atoms. The van der Waals surface area contributed by atoms with Crippen LogP contribution in [0.25, 0.3) is 0 Å². The minimum Gasteiger partial charge on any atom is -0.397 e. The number of anilines is 2. The van der Waals surface area contributed by atoms with Gasteiger partial charge in [-0.05, 0) is 37.3 Å². The second kappa shape index (κ2) is 11.2. The molecule has 0 fully saturated rings. The number of benzene rings is 1. The maximum absolute atomic E-state index is 12.8. The maximum Gasteiger partial charge on any atom is 0.268 e. The molecular formula is C22H29N5O2S2. The van der Waals surface area contributed by atoms with E-state index in [1.54, 1.807) is 41.4 Å². The summed E-state index contributed by atoms with van der Waals surface area (Å²) >= 11 is 3.26. The molecule has 2 amide bonds. The van der Waals surface area contributed by atoms with Crippen LogP contribution in [0.4, 0.5) is 11.4 Å². The van der Waals surface area contributed by atoms with Crippen molar-refractivity contribution in [3.05, 3.63) is 51.5 Å². The minimum absolute atomic E-state index is 0.0105. The number of hydrogen-bond donors (Lipinski definition) is 4. The summed E-state index contributed by atoms with van der Waals surface area (Å²) in [6, 6.07) is 7.19. The first-order valence-electron chi connectivity index (χ1n) is 10.4. The number of allylic oxidation sites excluding steroid dienone is 1. The summed E-state index contributed by atoms with van der Waals surface area (Å²) in [5.74, 6) is 0.286. The Morgan fingerprint density at radius 2 is 2.06 bits per heavy atom. The molecule has 0 radical (unpaired) electrons. The van der Waals surface area contributed by atoms with Crippen LogP contribution in [-0.4, -0.2) is 23.3 Å². The van der Waals surface area contributed by atoms with Gasteiger partial charge in [-0.2, -0.15) is 0 Å². The molecule has 1 aliphatic rings. The minimum atomic E-state index is -0.0938. The molecule has 0 saturated heterocycles. The lowest BCUT2D eigenvalue weighted by molar-refractivity contribution is -0.118. The van der Waals surface area contributed by atoms with E-state index in [9.17, 15) is 9.59 Å². The Kier molecular flexibility index (Phi) is 8.36. The SMILES string of the molecule is CC(C)CC1=C(C(=O)NCCCCC(=O)Nc2ccccc2N)NC(c2nccs2)S1. The third-order valence-corrected chi connectivity index (χ3v) is 6.88. The second-order valence-corrected chi connectivity index (χ2v) is 9.88. The van der Waals surface area contributed by atoms with Gasteiger partial charge >= 0.3 is 0 Å². The Bertz CT molecular complexity index is 928. The molecule has 166 valence electrons. The summed E-state index contributed by atoms with van der Waals surface area (Å²) < 4.78 is 0. The molecule has 5 N–H and O–H groups in total. The largest absolute Gasteiger partial charge is 0.397 e. The van der Waals surface area contributed by atoms with Crippen molar-refractivity contribution in [3.8, 4) is 0 Å². The molecule has 1 aromatic heterocycles. The lowest BCUT2D eigenvalue weighted by atomic mass is 10.1. The summed E-state index contributed by atoms with van der Waals surface area (Å²) in [5.41, 5.74) is 7.67. The predicted molar refractivity (Wildman–Crippen MR) is 128 cm³/mol. The van der Waals surface area contributed by atoms with Crippen LogP contribution in [0.5, 0.6) is 0 Å². The number of aromatic nitrogens is 1.